The van der Waals surface area contributed by atoms with Crippen molar-refractivity contribution in [1.82, 2.24) is 9.78 Å². The second kappa shape index (κ2) is 7.94. The molecule has 1 amide bonds. The number of nitrogens with one attached hydrogen (secondary N) is 1. The molecule has 0 spiro atoms. The molecular formula is C19H16F3N3O2. The molecular weight excluding hydrogens is 359 g/mol. The molecule has 0 bridgehead atoms. The van der Waals surface area contributed by atoms with Crippen molar-refractivity contribution >= 4 is 11.6 Å². The summed E-state index contributed by atoms with van der Waals surface area (Å²) in [7, 11) is 0. The summed E-state index contributed by atoms with van der Waals surface area (Å²) in [6.07, 6.45) is 2.17. The summed E-state index contributed by atoms with van der Waals surface area (Å²) < 4.78 is 47.1. The molecule has 0 aliphatic carbocycles. The van der Waals surface area contributed by atoms with Crippen LogP contribution in [0.3, 0.4) is 0 Å². The normalized spacial score (nSPS) is 10.7. The number of halogens is 3. The van der Waals surface area contributed by atoms with E-state index in [0.717, 1.165) is 18.2 Å². The van der Waals surface area contributed by atoms with Gasteiger partial charge in [0.2, 0.25) is 0 Å². The predicted octanol–water partition coefficient (Wildman–Crippen LogP) is 4.33. The van der Waals surface area contributed by atoms with Gasteiger partial charge in [0.25, 0.3) is 5.91 Å². The van der Waals surface area contributed by atoms with Crippen LogP contribution in [0.25, 0.3) is 5.69 Å². The van der Waals surface area contributed by atoms with Gasteiger partial charge in [-0.15, -0.1) is 0 Å². The van der Waals surface area contributed by atoms with Crippen LogP contribution < -0.4 is 10.1 Å². The van der Waals surface area contributed by atoms with Crippen molar-refractivity contribution in [3.8, 4) is 11.4 Å². The Morgan fingerprint density at radius 1 is 1.11 bits per heavy atom. The lowest BCUT2D eigenvalue weighted by Gasteiger charge is -2.07. The number of carbonyl (C=O) groups is 1. The highest BCUT2D eigenvalue weighted by Crippen LogP contribution is 2.23. The summed E-state index contributed by atoms with van der Waals surface area (Å²) in [5.41, 5.74) is 0.0999. The van der Waals surface area contributed by atoms with Crippen molar-refractivity contribution < 1.29 is 22.7 Å². The molecule has 0 saturated heterocycles. The van der Waals surface area contributed by atoms with Crippen molar-refractivity contribution in [2.45, 2.75) is 13.3 Å². The van der Waals surface area contributed by atoms with Gasteiger partial charge in [-0.1, -0.05) is 6.92 Å². The number of hydrogen-bond acceptors (Lipinski definition) is 3. The van der Waals surface area contributed by atoms with Crippen molar-refractivity contribution in [3.63, 3.8) is 0 Å². The number of aromatic nitrogens is 2. The average molecular weight is 375 g/mol. The highest BCUT2D eigenvalue weighted by Gasteiger charge is 2.20. The molecule has 0 atom stereocenters. The van der Waals surface area contributed by atoms with Crippen LogP contribution in [0.15, 0.2) is 48.7 Å². The fraction of sp³-hybridized carbons (Fsp3) is 0.158. The van der Waals surface area contributed by atoms with Gasteiger partial charge < -0.3 is 10.1 Å². The number of ether oxygens (including phenoxy) is 1. The molecule has 1 aromatic heterocycles. The molecule has 5 nitrogen and oxygen atoms in total. The second-order valence-corrected chi connectivity index (χ2v) is 5.69. The van der Waals surface area contributed by atoms with Gasteiger partial charge in [-0.05, 0) is 42.8 Å². The Morgan fingerprint density at radius 3 is 2.52 bits per heavy atom. The van der Waals surface area contributed by atoms with Crippen LogP contribution in [0.5, 0.6) is 5.75 Å². The van der Waals surface area contributed by atoms with Crippen molar-refractivity contribution in [2.75, 3.05) is 11.9 Å². The highest BCUT2D eigenvalue weighted by atomic mass is 19.1. The van der Waals surface area contributed by atoms with E-state index in [-0.39, 0.29) is 17.1 Å². The molecule has 2 aromatic carbocycles. The first kappa shape index (κ1) is 18.5. The van der Waals surface area contributed by atoms with Crippen molar-refractivity contribution in [1.29, 1.82) is 0 Å². The summed E-state index contributed by atoms with van der Waals surface area (Å²) in [5, 5.41) is 6.44. The lowest BCUT2D eigenvalue weighted by Crippen LogP contribution is -2.15. The molecule has 0 saturated carbocycles. The molecule has 1 heterocycles. The lowest BCUT2D eigenvalue weighted by molar-refractivity contribution is 0.101. The number of carbonyl (C=O) groups excluding carboxylic acids is 1. The van der Waals surface area contributed by atoms with Crippen LogP contribution in [0.1, 0.15) is 23.8 Å². The molecule has 140 valence electrons. The van der Waals surface area contributed by atoms with E-state index >= 15 is 0 Å². The summed E-state index contributed by atoms with van der Waals surface area (Å²) in [5.74, 6) is -2.46. The first-order valence-electron chi connectivity index (χ1n) is 8.22. The van der Waals surface area contributed by atoms with Gasteiger partial charge in [0.15, 0.2) is 11.4 Å². The lowest BCUT2D eigenvalue weighted by atomic mass is 10.2. The first-order chi connectivity index (χ1) is 13.0. The minimum atomic E-state index is -0.779. The number of amides is 1. The van der Waals surface area contributed by atoms with Gasteiger partial charge in [0.05, 0.1) is 24.2 Å². The van der Waals surface area contributed by atoms with E-state index in [1.54, 1.807) is 0 Å². The molecule has 27 heavy (non-hydrogen) atoms. The highest BCUT2D eigenvalue weighted by molar-refractivity contribution is 6.04. The zero-order chi connectivity index (χ0) is 19.4. The zero-order valence-electron chi connectivity index (χ0n) is 14.4. The van der Waals surface area contributed by atoms with Crippen molar-refractivity contribution in [3.05, 3.63) is 71.8 Å². The summed E-state index contributed by atoms with van der Waals surface area (Å²) in [6, 6.07) is 8.22. The van der Waals surface area contributed by atoms with Crippen LogP contribution in [0.2, 0.25) is 0 Å². The number of rotatable bonds is 6. The standard InChI is InChI=1S/C19H16F3N3O2/c1-2-9-27-17-11-25(14-6-3-12(20)4-7-14)24-18(17)19(26)23-16-10-13(21)5-8-15(16)22/h3-8,10-11H,2,9H2,1H3,(H,23,26). The van der Waals surface area contributed by atoms with E-state index in [0.29, 0.717) is 18.7 Å². The van der Waals surface area contributed by atoms with Gasteiger partial charge in [0, 0.05) is 6.07 Å². The molecule has 8 heteroatoms. The van der Waals surface area contributed by atoms with E-state index in [9.17, 15) is 18.0 Å². The SMILES string of the molecule is CCCOc1cn(-c2ccc(F)cc2)nc1C(=O)Nc1cc(F)ccc1F. The van der Waals surface area contributed by atoms with Gasteiger partial charge in [0.1, 0.15) is 17.5 Å². The third kappa shape index (κ3) is 4.28. The molecule has 0 aliphatic heterocycles. The Hall–Kier alpha value is -3.29. The van der Waals surface area contributed by atoms with Gasteiger partial charge in [-0.2, -0.15) is 5.10 Å². The maximum atomic E-state index is 13.8. The maximum Gasteiger partial charge on any atom is 0.280 e. The van der Waals surface area contributed by atoms with E-state index < -0.39 is 23.4 Å². The molecule has 0 fully saturated rings. The van der Waals surface area contributed by atoms with E-state index in [4.69, 9.17) is 4.74 Å². The van der Waals surface area contributed by atoms with Crippen molar-refractivity contribution in [2.24, 2.45) is 0 Å². The topological polar surface area (TPSA) is 56.2 Å². The number of benzene rings is 2. The molecule has 1 N–H and O–H groups in total. The quantitative estimate of drug-likeness (QED) is 0.698. The Morgan fingerprint density at radius 2 is 1.81 bits per heavy atom. The summed E-state index contributed by atoms with van der Waals surface area (Å²) >= 11 is 0. The third-order valence-electron chi connectivity index (χ3n) is 3.63. The van der Waals surface area contributed by atoms with Crippen LogP contribution >= 0.6 is 0 Å². The number of hydrogen-bond donors (Lipinski definition) is 1. The second-order valence-electron chi connectivity index (χ2n) is 5.69. The van der Waals surface area contributed by atoms with Crippen LogP contribution in [0.4, 0.5) is 18.9 Å². The Bertz CT molecular complexity index is 955. The fourth-order valence-electron chi connectivity index (χ4n) is 2.33. The summed E-state index contributed by atoms with van der Waals surface area (Å²) in [6.45, 7) is 2.23. The number of nitrogens with zero attached hydrogens (tertiary/aromatic N) is 2. The first-order valence-corrected chi connectivity index (χ1v) is 8.22. The van der Waals surface area contributed by atoms with E-state index in [2.05, 4.69) is 10.4 Å². The van der Waals surface area contributed by atoms with Gasteiger partial charge >= 0.3 is 0 Å². The fourth-order valence-corrected chi connectivity index (χ4v) is 2.33. The predicted molar refractivity (Wildman–Crippen MR) is 93.6 cm³/mol. The van der Waals surface area contributed by atoms with Crippen LogP contribution in [-0.4, -0.2) is 22.3 Å². The van der Waals surface area contributed by atoms with Crippen LogP contribution in [0, 0.1) is 17.5 Å². The van der Waals surface area contributed by atoms with Gasteiger partial charge in [-0.3, -0.25) is 4.79 Å². The summed E-state index contributed by atoms with van der Waals surface area (Å²) in [4.78, 5) is 12.5. The third-order valence-corrected chi connectivity index (χ3v) is 3.63. The molecule has 0 radical (unpaired) electrons. The maximum absolute atomic E-state index is 13.8. The Balaban J connectivity index is 1.93. The largest absolute Gasteiger partial charge is 0.489 e. The Labute approximate surface area is 153 Å². The van der Waals surface area contributed by atoms with E-state index in [1.165, 1.54) is 35.1 Å². The molecule has 3 rings (SSSR count). The van der Waals surface area contributed by atoms with Crippen LogP contribution in [-0.2, 0) is 0 Å². The minimum absolute atomic E-state index is 0.101. The van der Waals surface area contributed by atoms with E-state index in [1.807, 2.05) is 6.92 Å². The smallest absolute Gasteiger partial charge is 0.280 e. The minimum Gasteiger partial charge on any atom is -0.489 e. The molecule has 0 aliphatic rings. The molecule has 3 aromatic rings. The van der Waals surface area contributed by atoms with Gasteiger partial charge in [-0.25, -0.2) is 17.9 Å². The monoisotopic (exact) mass is 375 g/mol. The average Bonchev–Trinajstić information content (AvgIpc) is 3.08. The zero-order valence-corrected chi connectivity index (χ0v) is 14.4. The molecule has 0 unspecified atom stereocenters. The number of anilines is 1. The Kier molecular flexibility index (Phi) is 5.44.